The average Bonchev–Trinajstić information content (AvgIpc) is 2.44. The third-order valence-corrected chi connectivity index (χ3v) is 2.48. The van der Waals surface area contributed by atoms with Crippen molar-refractivity contribution >= 4 is 16.0 Å². The van der Waals surface area contributed by atoms with Gasteiger partial charge in [-0.05, 0) is 6.42 Å². The smallest absolute Gasteiger partial charge is 0.485 e. The fourth-order valence-corrected chi connectivity index (χ4v) is 0.871. The fraction of sp³-hybridized carbons (Fsp3) is 0.625. The monoisotopic (exact) mass is 274 g/mol. The van der Waals surface area contributed by atoms with Gasteiger partial charge in [0, 0.05) is 6.92 Å². The van der Waals surface area contributed by atoms with E-state index in [9.17, 15) is 13.2 Å². The van der Waals surface area contributed by atoms with Crippen molar-refractivity contribution in [3.8, 4) is 0 Å². The Labute approximate surface area is 97.4 Å². The molecule has 1 heterocycles. The maximum atomic E-state index is 10.7. The van der Waals surface area contributed by atoms with E-state index in [2.05, 4.69) is 32.1 Å². The average molecular weight is 274 g/mol. The Kier molecular flexibility index (Phi) is 5.30. The molecule has 1 aliphatic heterocycles. The lowest BCUT2D eigenvalue weighted by molar-refractivity contribution is -0.719. The molecule has 1 unspecified atom stereocenters. The van der Waals surface area contributed by atoms with Crippen molar-refractivity contribution in [2.45, 2.75) is 25.8 Å². The van der Waals surface area contributed by atoms with Crippen molar-refractivity contribution in [2.24, 2.45) is 4.99 Å². The highest BCUT2D eigenvalue weighted by Gasteiger charge is 2.36. The maximum Gasteiger partial charge on any atom is 0.485 e. The van der Waals surface area contributed by atoms with Crippen LogP contribution in [0.15, 0.2) is 16.9 Å². The van der Waals surface area contributed by atoms with Crippen molar-refractivity contribution in [2.75, 3.05) is 7.05 Å². The van der Waals surface area contributed by atoms with Crippen LogP contribution in [0.3, 0.4) is 0 Å². The molecule has 0 radical (unpaired) electrons. The van der Waals surface area contributed by atoms with Crippen LogP contribution in [0.4, 0.5) is 13.2 Å². The topological polar surface area (TPSA) is 74.0 Å². The molecule has 1 atom stereocenters. The molecular formula is C8H13F3N2O3S. The standard InChI is InChI=1S/C7H12N2.CHF3O3S/c1-4-7-5-9(3)6(2)8-7;2-1(3,4)8(5,6)7/h5H,4H2,1-3H3;(H,5,6,7). The minimum absolute atomic E-state index is 1.05. The van der Waals surface area contributed by atoms with E-state index in [-0.39, 0.29) is 0 Å². The number of nitrogens with one attached hydrogen (secondary N) is 1. The maximum absolute atomic E-state index is 10.7. The van der Waals surface area contributed by atoms with Crippen molar-refractivity contribution < 1.29 is 31.0 Å². The van der Waals surface area contributed by atoms with Gasteiger partial charge < -0.3 is 4.55 Å². The molecular weight excluding hydrogens is 261 g/mol. The first-order valence-corrected chi connectivity index (χ1v) is 6.01. The minimum Gasteiger partial charge on any atom is -0.741 e. The fourth-order valence-electron chi connectivity index (χ4n) is 0.871. The number of nitrogens with zero attached hydrogens (tertiary/aromatic N) is 1. The summed E-state index contributed by atoms with van der Waals surface area (Å²) in [5.41, 5.74) is -4.43. The molecule has 0 fully saturated rings. The van der Waals surface area contributed by atoms with E-state index in [1.165, 1.54) is 16.4 Å². The van der Waals surface area contributed by atoms with Gasteiger partial charge in [-0.25, -0.2) is 8.42 Å². The second-order valence-corrected chi connectivity index (χ2v) is 4.64. The molecule has 100 valence electrons. The molecule has 0 amide bonds. The zero-order valence-electron chi connectivity index (χ0n) is 9.50. The number of hydrogen-bond acceptors (Lipinski definition) is 4. The van der Waals surface area contributed by atoms with Crippen LogP contribution in [-0.2, 0) is 10.1 Å². The third kappa shape index (κ3) is 5.29. The number of amidine groups is 1. The van der Waals surface area contributed by atoms with E-state index in [0.717, 1.165) is 6.42 Å². The molecule has 1 N–H and O–H groups in total. The highest BCUT2D eigenvalue weighted by atomic mass is 32.2. The SMILES string of the molecule is CCC1=C[NH+](C)C(C)=N1.O=S(=O)([O-])C(F)(F)F. The van der Waals surface area contributed by atoms with Gasteiger partial charge in [-0.3, -0.25) is 4.90 Å². The Morgan fingerprint density at radius 2 is 1.88 bits per heavy atom. The first-order chi connectivity index (χ1) is 7.49. The molecule has 5 nitrogen and oxygen atoms in total. The second-order valence-electron chi connectivity index (χ2n) is 3.27. The Hall–Kier alpha value is -0.930. The van der Waals surface area contributed by atoms with Gasteiger partial charge in [-0.1, -0.05) is 6.92 Å². The summed E-state index contributed by atoms with van der Waals surface area (Å²) < 4.78 is 58.9. The largest absolute Gasteiger partial charge is 0.741 e. The summed E-state index contributed by atoms with van der Waals surface area (Å²) in [6.45, 7) is 4.18. The Morgan fingerprint density at radius 1 is 1.47 bits per heavy atom. The number of hydrogen-bond donors (Lipinski definition) is 1. The molecule has 1 aliphatic rings. The lowest BCUT2D eigenvalue weighted by Crippen LogP contribution is -3.05. The van der Waals surface area contributed by atoms with Crippen LogP contribution in [0.5, 0.6) is 0 Å². The Morgan fingerprint density at radius 3 is 2.00 bits per heavy atom. The molecule has 0 aromatic carbocycles. The molecule has 17 heavy (non-hydrogen) atoms. The van der Waals surface area contributed by atoms with E-state index in [0.29, 0.717) is 0 Å². The van der Waals surface area contributed by atoms with Gasteiger partial charge in [0.2, 0.25) is 5.84 Å². The number of aliphatic imine (C=N–C) groups is 1. The summed E-state index contributed by atoms with van der Waals surface area (Å²) in [4.78, 5) is 5.64. The predicted molar refractivity (Wildman–Crippen MR) is 54.1 cm³/mol. The summed E-state index contributed by atoms with van der Waals surface area (Å²) in [7, 11) is -3.99. The summed E-state index contributed by atoms with van der Waals surface area (Å²) in [6.07, 6.45) is 3.20. The van der Waals surface area contributed by atoms with Crippen molar-refractivity contribution in [3.05, 3.63) is 11.9 Å². The quantitative estimate of drug-likeness (QED) is 0.549. The van der Waals surface area contributed by atoms with Crippen molar-refractivity contribution in [3.63, 3.8) is 0 Å². The Bertz CT molecular complexity index is 426. The normalized spacial score (nSPS) is 20.3. The molecule has 0 aromatic rings. The summed E-state index contributed by atoms with van der Waals surface area (Å²) in [5.74, 6) is 1.17. The number of quaternary nitrogens is 1. The van der Waals surface area contributed by atoms with E-state index >= 15 is 0 Å². The zero-order chi connectivity index (χ0) is 13.9. The molecule has 0 spiro atoms. The van der Waals surface area contributed by atoms with Gasteiger partial charge in [-0.2, -0.15) is 18.2 Å². The van der Waals surface area contributed by atoms with Crippen LogP contribution in [0.25, 0.3) is 0 Å². The lowest BCUT2D eigenvalue weighted by atomic mass is 10.4. The summed E-state index contributed by atoms with van der Waals surface area (Å²) in [5, 5.41) is 0. The minimum atomic E-state index is -6.09. The first kappa shape index (κ1) is 16.1. The van der Waals surface area contributed by atoms with Crippen LogP contribution in [-0.4, -0.2) is 31.4 Å². The van der Waals surface area contributed by atoms with E-state index in [1.54, 1.807) is 0 Å². The summed E-state index contributed by atoms with van der Waals surface area (Å²) >= 11 is 0. The second kappa shape index (κ2) is 5.61. The lowest BCUT2D eigenvalue weighted by Gasteiger charge is -2.08. The number of halogens is 3. The molecule has 0 aromatic heterocycles. The van der Waals surface area contributed by atoms with Gasteiger partial charge in [0.25, 0.3) is 0 Å². The van der Waals surface area contributed by atoms with Gasteiger partial charge in [0.1, 0.15) is 6.20 Å². The number of alkyl halides is 3. The van der Waals surface area contributed by atoms with Gasteiger partial charge in [0.05, 0.1) is 12.7 Å². The number of allylic oxidation sites excluding steroid dienone is 1. The molecule has 0 saturated carbocycles. The van der Waals surface area contributed by atoms with Crippen LogP contribution >= 0.6 is 0 Å². The number of rotatable bonds is 1. The highest BCUT2D eigenvalue weighted by Crippen LogP contribution is 2.20. The van der Waals surface area contributed by atoms with Crippen LogP contribution in [0, 0.1) is 0 Å². The van der Waals surface area contributed by atoms with Crippen molar-refractivity contribution in [1.29, 1.82) is 0 Å². The predicted octanol–water partition coefficient (Wildman–Crippen LogP) is 0.236. The van der Waals surface area contributed by atoms with Crippen LogP contribution < -0.4 is 4.90 Å². The molecule has 0 saturated heterocycles. The molecule has 9 heteroatoms. The first-order valence-electron chi connectivity index (χ1n) is 4.61. The molecule has 0 bridgehead atoms. The zero-order valence-corrected chi connectivity index (χ0v) is 10.3. The van der Waals surface area contributed by atoms with Crippen LogP contribution in [0.2, 0.25) is 0 Å². The molecule has 1 rings (SSSR count). The molecule has 0 aliphatic carbocycles. The Balaban J connectivity index is 0.000000304. The van der Waals surface area contributed by atoms with Gasteiger partial charge in [-0.15, -0.1) is 0 Å². The van der Waals surface area contributed by atoms with Crippen molar-refractivity contribution in [1.82, 2.24) is 0 Å². The van der Waals surface area contributed by atoms with Gasteiger partial charge >= 0.3 is 5.51 Å². The van der Waals surface area contributed by atoms with Gasteiger partial charge in [0.15, 0.2) is 10.1 Å². The van der Waals surface area contributed by atoms with E-state index in [4.69, 9.17) is 13.0 Å². The van der Waals surface area contributed by atoms with E-state index < -0.39 is 15.6 Å². The summed E-state index contributed by atoms with van der Waals surface area (Å²) in [6, 6.07) is 0. The third-order valence-electron chi connectivity index (χ3n) is 1.91. The van der Waals surface area contributed by atoms with Crippen LogP contribution in [0.1, 0.15) is 20.3 Å². The highest BCUT2D eigenvalue weighted by molar-refractivity contribution is 7.86. The van der Waals surface area contributed by atoms with E-state index in [1.807, 2.05) is 0 Å².